The number of anilines is 1. The molecular weight excluding hydrogens is 314 g/mol. The number of piperidine rings is 1. The zero-order valence-electron chi connectivity index (χ0n) is 15.2. The van der Waals surface area contributed by atoms with Gasteiger partial charge in [0.25, 0.3) is 0 Å². The summed E-state index contributed by atoms with van der Waals surface area (Å²) >= 11 is 0. The number of likely N-dealkylation sites (N-methyl/N-ethyl adjacent to an activating group) is 1. The van der Waals surface area contributed by atoms with E-state index in [1.54, 1.807) is 12.4 Å². The van der Waals surface area contributed by atoms with Gasteiger partial charge < -0.3 is 14.7 Å². The predicted molar refractivity (Wildman–Crippen MR) is 97.4 cm³/mol. The molecule has 3 fully saturated rings. The van der Waals surface area contributed by atoms with Gasteiger partial charge in [-0.15, -0.1) is 0 Å². The van der Waals surface area contributed by atoms with Gasteiger partial charge in [0.2, 0.25) is 11.9 Å². The summed E-state index contributed by atoms with van der Waals surface area (Å²) in [5, 5.41) is 0. The van der Waals surface area contributed by atoms with E-state index in [0.717, 1.165) is 44.8 Å². The molecule has 1 aromatic heterocycles. The van der Waals surface area contributed by atoms with E-state index >= 15 is 0 Å². The summed E-state index contributed by atoms with van der Waals surface area (Å²) in [5.74, 6) is 1.21. The summed E-state index contributed by atoms with van der Waals surface area (Å²) in [6.07, 6.45) is 10.4. The van der Waals surface area contributed by atoms with Gasteiger partial charge in [-0.25, -0.2) is 9.97 Å². The molecule has 136 valence electrons. The van der Waals surface area contributed by atoms with Crippen molar-refractivity contribution in [3.8, 4) is 0 Å². The standard InChI is InChI=1S/C19H29N5O/c1-22-11-3-7-16(22)17-8-4-13-24(17)18(25)15-6-2-12-23(14-15)19-20-9-5-10-21-19/h5,9-10,15-17H,2-4,6-8,11-14H2,1H3. The van der Waals surface area contributed by atoms with Crippen LogP contribution in [0.2, 0.25) is 0 Å². The van der Waals surface area contributed by atoms with E-state index in [9.17, 15) is 4.79 Å². The molecule has 0 aromatic carbocycles. The van der Waals surface area contributed by atoms with Crippen molar-refractivity contribution >= 4 is 11.9 Å². The Balaban J connectivity index is 1.44. The lowest BCUT2D eigenvalue weighted by Crippen LogP contribution is -2.51. The maximum Gasteiger partial charge on any atom is 0.227 e. The summed E-state index contributed by atoms with van der Waals surface area (Å²) in [4.78, 5) is 28.9. The Morgan fingerprint density at radius 2 is 1.72 bits per heavy atom. The molecule has 3 aliphatic rings. The fraction of sp³-hybridized carbons (Fsp3) is 0.737. The Bertz CT molecular complexity index is 595. The Morgan fingerprint density at radius 3 is 2.48 bits per heavy atom. The first-order chi connectivity index (χ1) is 12.2. The molecule has 1 amide bonds. The van der Waals surface area contributed by atoms with Crippen LogP contribution in [0.15, 0.2) is 18.5 Å². The molecule has 3 unspecified atom stereocenters. The molecule has 25 heavy (non-hydrogen) atoms. The predicted octanol–water partition coefficient (Wildman–Crippen LogP) is 1.78. The topological polar surface area (TPSA) is 52.6 Å². The van der Waals surface area contributed by atoms with Crippen LogP contribution in [-0.2, 0) is 4.79 Å². The average molecular weight is 343 g/mol. The number of carbonyl (C=O) groups excluding carboxylic acids is 1. The number of hydrogen-bond donors (Lipinski definition) is 0. The lowest BCUT2D eigenvalue weighted by Gasteiger charge is -2.38. The van der Waals surface area contributed by atoms with Gasteiger partial charge in [0, 0.05) is 44.1 Å². The van der Waals surface area contributed by atoms with Gasteiger partial charge in [-0.1, -0.05) is 0 Å². The molecule has 0 saturated carbocycles. The average Bonchev–Trinajstić information content (AvgIpc) is 3.30. The van der Waals surface area contributed by atoms with Crippen molar-refractivity contribution in [2.75, 3.05) is 38.1 Å². The molecule has 3 aliphatic heterocycles. The Hall–Kier alpha value is -1.69. The number of carbonyl (C=O) groups is 1. The van der Waals surface area contributed by atoms with Gasteiger partial charge in [-0.05, 0) is 58.2 Å². The second kappa shape index (κ2) is 7.28. The van der Waals surface area contributed by atoms with E-state index in [2.05, 4.69) is 31.7 Å². The zero-order chi connectivity index (χ0) is 17.2. The number of amides is 1. The van der Waals surface area contributed by atoms with Gasteiger partial charge in [0.15, 0.2) is 0 Å². The molecule has 0 radical (unpaired) electrons. The van der Waals surface area contributed by atoms with Crippen molar-refractivity contribution in [2.45, 2.75) is 50.6 Å². The number of nitrogens with zero attached hydrogens (tertiary/aromatic N) is 5. The fourth-order valence-electron chi connectivity index (χ4n) is 4.94. The molecule has 1 aromatic rings. The van der Waals surface area contributed by atoms with Crippen LogP contribution in [0, 0.1) is 5.92 Å². The van der Waals surface area contributed by atoms with Crippen LogP contribution in [0.25, 0.3) is 0 Å². The highest BCUT2D eigenvalue weighted by Crippen LogP contribution is 2.31. The first-order valence-corrected chi connectivity index (χ1v) is 9.77. The fourth-order valence-corrected chi connectivity index (χ4v) is 4.94. The van der Waals surface area contributed by atoms with Crippen LogP contribution in [0.4, 0.5) is 5.95 Å². The second-order valence-electron chi connectivity index (χ2n) is 7.77. The van der Waals surface area contributed by atoms with Crippen LogP contribution in [0.3, 0.4) is 0 Å². The first kappa shape index (κ1) is 16.8. The number of aromatic nitrogens is 2. The minimum Gasteiger partial charge on any atom is -0.340 e. The summed E-state index contributed by atoms with van der Waals surface area (Å²) in [6.45, 7) is 3.81. The molecule has 0 N–H and O–H groups in total. The molecule has 0 bridgehead atoms. The summed E-state index contributed by atoms with van der Waals surface area (Å²) in [7, 11) is 2.22. The molecule has 3 saturated heterocycles. The molecule has 4 heterocycles. The number of likely N-dealkylation sites (tertiary alicyclic amines) is 2. The van der Waals surface area contributed by atoms with E-state index < -0.39 is 0 Å². The summed E-state index contributed by atoms with van der Waals surface area (Å²) < 4.78 is 0. The van der Waals surface area contributed by atoms with Crippen LogP contribution >= 0.6 is 0 Å². The third-order valence-corrected chi connectivity index (χ3v) is 6.21. The van der Waals surface area contributed by atoms with Crippen LogP contribution in [-0.4, -0.2) is 71.0 Å². The first-order valence-electron chi connectivity index (χ1n) is 9.77. The van der Waals surface area contributed by atoms with E-state index in [0.29, 0.717) is 18.0 Å². The van der Waals surface area contributed by atoms with Gasteiger partial charge >= 0.3 is 0 Å². The van der Waals surface area contributed by atoms with Gasteiger partial charge in [0.05, 0.1) is 5.92 Å². The second-order valence-corrected chi connectivity index (χ2v) is 7.77. The largest absolute Gasteiger partial charge is 0.340 e. The van der Waals surface area contributed by atoms with Crippen molar-refractivity contribution in [2.24, 2.45) is 5.92 Å². The lowest BCUT2D eigenvalue weighted by atomic mass is 9.95. The van der Waals surface area contributed by atoms with Crippen LogP contribution in [0.5, 0.6) is 0 Å². The minimum absolute atomic E-state index is 0.0878. The van der Waals surface area contributed by atoms with E-state index in [4.69, 9.17) is 0 Å². The van der Waals surface area contributed by atoms with Gasteiger partial charge in [-0.3, -0.25) is 4.79 Å². The van der Waals surface area contributed by atoms with Crippen molar-refractivity contribution in [1.82, 2.24) is 19.8 Å². The van der Waals surface area contributed by atoms with Gasteiger partial charge in [-0.2, -0.15) is 0 Å². The summed E-state index contributed by atoms with van der Waals surface area (Å²) in [6, 6.07) is 2.81. The van der Waals surface area contributed by atoms with E-state index in [1.165, 1.54) is 25.8 Å². The highest BCUT2D eigenvalue weighted by atomic mass is 16.2. The van der Waals surface area contributed by atoms with Crippen molar-refractivity contribution in [1.29, 1.82) is 0 Å². The van der Waals surface area contributed by atoms with Crippen molar-refractivity contribution in [3.63, 3.8) is 0 Å². The molecule has 6 nitrogen and oxygen atoms in total. The normalized spacial score (nSPS) is 30.8. The quantitative estimate of drug-likeness (QED) is 0.837. The van der Waals surface area contributed by atoms with Crippen molar-refractivity contribution in [3.05, 3.63) is 18.5 Å². The SMILES string of the molecule is CN1CCCC1C1CCCN1C(=O)C1CCCN(c2ncccn2)C1. The maximum atomic E-state index is 13.3. The highest BCUT2D eigenvalue weighted by molar-refractivity contribution is 5.80. The minimum atomic E-state index is 0.0878. The molecular formula is C19H29N5O. The van der Waals surface area contributed by atoms with E-state index in [-0.39, 0.29) is 5.92 Å². The molecule has 0 aliphatic carbocycles. The molecule has 6 heteroatoms. The number of rotatable bonds is 3. The smallest absolute Gasteiger partial charge is 0.227 e. The zero-order valence-corrected chi connectivity index (χ0v) is 15.2. The maximum absolute atomic E-state index is 13.3. The van der Waals surface area contributed by atoms with Gasteiger partial charge in [0.1, 0.15) is 0 Å². The number of hydrogen-bond acceptors (Lipinski definition) is 5. The Labute approximate surface area is 150 Å². The summed E-state index contributed by atoms with van der Waals surface area (Å²) in [5.41, 5.74) is 0. The Morgan fingerprint density at radius 1 is 1.00 bits per heavy atom. The highest BCUT2D eigenvalue weighted by Gasteiger charge is 2.41. The van der Waals surface area contributed by atoms with Crippen molar-refractivity contribution < 1.29 is 4.79 Å². The third kappa shape index (κ3) is 3.36. The molecule has 0 spiro atoms. The molecule has 4 rings (SSSR count). The van der Waals surface area contributed by atoms with Crippen LogP contribution in [0.1, 0.15) is 38.5 Å². The van der Waals surface area contributed by atoms with Crippen LogP contribution < -0.4 is 4.90 Å². The third-order valence-electron chi connectivity index (χ3n) is 6.21. The molecule has 3 atom stereocenters. The monoisotopic (exact) mass is 343 g/mol. The van der Waals surface area contributed by atoms with E-state index in [1.807, 2.05) is 6.07 Å². The lowest BCUT2D eigenvalue weighted by molar-refractivity contribution is -0.137. The Kier molecular flexibility index (Phi) is 4.88.